The van der Waals surface area contributed by atoms with Gasteiger partial charge in [-0.3, -0.25) is 39.1 Å². The average Bonchev–Trinajstić information content (AvgIpc) is 3.91. The number of carbonyl (C=O) groups is 5. The van der Waals surface area contributed by atoms with Gasteiger partial charge in [-0.15, -0.1) is 0 Å². The van der Waals surface area contributed by atoms with Crippen LogP contribution in [-0.2, 0) is 33.9 Å². The van der Waals surface area contributed by atoms with Crippen LogP contribution in [0.4, 0.5) is 5.69 Å². The number of anilines is 1. The van der Waals surface area contributed by atoms with E-state index in [1.807, 2.05) is 17.0 Å². The number of aryl methyl sites for hydroxylation is 1. The summed E-state index contributed by atoms with van der Waals surface area (Å²) in [5.74, 6) is -1.13. The molecule has 5 amide bonds. The van der Waals surface area contributed by atoms with Gasteiger partial charge in [0.1, 0.15) is 11.8 Å². The van der Waals surface area contributed by atoms with Gasteiger partial charge < -0.3 is 14.9 Å². The molecule has 2 N–H and O–H groups in total. The summed E-state index contributed by atoms with van der Waals surface area (Å²) in [6.45, 7) is 4.83. The van der Waals surface area contributed by atoms with Crippen molar-refractivity contribution in [2.45, 2.75) is 75.9 Å². The Bertz CT molecular complexity index is 2310. The molecule has 0 saturated carbocycles. The number of fused-ring (bicyclic) bond motifs is 3. The summed E-state index contributed by atoms with van der Waals surface area (Å²) in [6, 6.07) is 28.3. The monoisotopic (exact) mass is 777 g/mol. The quantitative estimate of drug-likeness (QED) is 0.246. The maximum absolute atomic E-state index is 13.7. The highest BCUT2D eigenvalue weighted by Crippen LogP contribution is 2.48. The minimum absolute atomic E-state index is 0.0423. The van der Waals surface area contributed by atoms with Crippen molar-refractivity contribution in [1.82, 2.24) is 20.0 Å². The van der Waals surface area contributed by atoms with Crippen molar-refractivity contribution in [2.24, 2.45) is 5.41 Å². The van der Waals surface area contributed by atoms with E-state index in [0.717, 1.165) is 74.3 Å². The molecule has 4 aromatic rings. The van der Waals surface area contributed by atoms with Gasteiger partial charge >= 0.3 is 0 Å². The Balaban J connectivity index is 0.752. The van der Waals surface area contributed by atoms with Gasteiger partial charge in [0.2, 0.25) is 17.7 Å². The van der Waals surface area contributed by atoms with Crippen molar-refractivity contribution >= 4 is 35.2 Å². The number of nitrogens with one attached hydrogen (secondary N) is 1. The fourth-order valence-corrected chi connectivity index (χ4v) is 10.8. The van der Waals surface area contributed by atoms with E-state index in [1.165, 1.54) is 27.9 Å². The molecule has 10 rings (SSSR count). The number of amides is 5. The molecule has 11 heteroatoms. The number of hydrogen-bond acceptors (Lipinski definition) is 8. The topological polar surface area (TPSA) is 131 Å². The van der Waals surface area contributed by atoms with Crippen LogP contribution in [0.3, 0.4) is 0 Å². The largest absolute Gasteiger partial charge is 0.508 e. The molecule has 3 fully saturated rings. The van der Waals surface area contributed by atoms with E-state index >= 15 is 0 Å². The number of carbonyl (C=O) groups excluding carboxylic acids is 5. The number of phenols is 1. The molecule has 0 aromatic heterocycles. The van der Waals surface area contributed by atoms with E-state index in [-0.39, 0.29) is 41.2 Å². The fourth-order valence-electron chi connectivity index (χ4n) is 10.8. The highest BCUT2D eigenvalue weighted by Gasteiger charge is 2.46. The molecule has 3 saturated heterocycles. The van der Waals surface area contributed by atoms with E-state index in [1.54, 1.807) is 12.1 Å². The second-order valence-corrected chi connectivity index (χ2v) is 17.3. The van der Waals surface area contributed by atoms with Crippen molar-refractivity contribution in [2.75, 3.05) is 37.6 Å². The summed E-state index contributed by atoms with van der Waals surface area (Å²) < 4.78 is 0. The molecular formula is C47H47N5O6. The lowest BCUT2D eigenvalue weighted by molar-refractivity contribution is -0.136. The number of benzene rings is 4. The van der Waals surface area contributed by atoms with Gasteiger partial charge in [0.05, 0.1) is 17.7 Å². The van der Waals surface area contributed by atoms with Crippen LogP contribution >= 0.6 is 0 Å². The first-order valence-electron chi connectivity index (χ1n) is 20.7. The molecule has 6 aliphatic rings. The van der Waals surface area contributed by atoms with Gasteiger partial charge in [0.15, 0.2) is 0 Å². The Hall–Kier alpha value is -5.81. The fraction of sp³-hybridized carbons (Fsp3) is 0.383. The van der Waals surface area contributed by atoms with Crippen LogP contribution in [0.5, 0.6) is 5.75 Å². The van der Waals surface area contributed by atoms with Gasteiger partial charge in [0, 0.05) is 50.7 Å². The molecule has 5 aliphatic heterocycles. The van der Waals surface area contributed by atoms with E-state index in [0.29, 0.717) is 31.3 Å². The summed E-state index contributed by atoms with van der Waals surface area (Å²) in [7, 11) is 0. The van der Waals surface area contributed by atoms with Gasteiger partial charge in [-0.25, -0.2) is 0 Å². The molecule has 3 atom stereocenters. The zero-order chi connectivity index (χ0) is 39.7. The molecule has 58 heavy (non-hydrogen) atoms. The number of nitrogens with zero attached hydrogens (tertiary/aromatic N) is 4. The van der Waals surface area contributed by atoms with E-state index in [4.69, 9.17) is 0 Å². The molecule has 1 aliphatic carbocycles. The zero-order valence-corrected chi connectivity index (χ0v) is 32.5. The van der Waals surface area contributed by atoms with Crippen molar-refractivity contribution in [3.63, 3.8) is 0 Å². The minimum Gasteiger partial charge on any atom is -0.508 e. The van der Waals surface area contributed by atoms with Crippen LogP contribution in [0.15, 0.2) is 84.9 Å². The summed E-state index contributed by atoms with van der Waals surface area (Å²) in [4.78, 5) is 72.1. The van der Waals surface area contributed by atoms with Crippen molar-refractivity contribution in [3.05, 3.63) is 129 Å². The summed E-state index contributed by atoms with van der Waals surface area (Å²) in [5.41, 5.74) is 8.83. The highest BCUT2D eigenvalue weighted by atomic mass is 16.3. The minimum atomic E-state index is -1.00. The van der Waals surface area contributed by atoms with Crippen LogP contribution < -0.4 is 10.2 Å². The third-order valence-electron chi connectivity index (χ3n) is 14.0. The van der Waals surface area contributed by atoms with Crippen molar-refractivity contribution in [3.8, 4) is 5.75 Å². The summed E-state index contributed by atoms with van der Waals surface area (Å²) in [6.07, 6.45) is 5.41. The molecule has 4 aromatic carbocycles. The Labute approximate surface area is 337 Å². The molecule has 5 heterocycles. The third-order valence-corrected chi connectivity index (χ3v) is 14.0. The second kappa shape index (κ2) is 14.2. The first-order valence-corrected chi connectivity index (χ1v) is 20.7. The number of imide groups is 2. The predicted octanol–water partition coefficient (Wildman–Crippen LogP) is 5.49. The first kappa shape index (κ1) is 36.5. The Morgan fingerprint density at radius 3 is 2.12 bits per heavy atom. The van der Waals surface area contributed by atoms with Crippen molar-refractivity contribution < 1.29 is 29.1 Å². The van der Waals surface area contributed by atoms with Crippen LogP contribution in [0.25, 0.3) is 0 Å². The van der Waals surface area contributed by atoms with E-state index < -0.39 is 29.7 Å². The number of phenolic OH excluding ortho intramolecular Hbond substituents is 1. The maximum Gasteiger partial charge on any atom is 0.262 e. The van der Waals surface area contributed by atoms with Gasteiger partial charge in [-0.05, 0) is 126 Å². The third kappa shape index (κ3) is 6.36. The number of likely N-dealkylation sites (tertiary alicyclic amines) is 1. The SMILES string of the molecule is O=C1CCC(N2C(=O)c3cc4c(cc3C2=O)CN(C(=O)CN2CCC3(CCN(c5ccc([C@@H]6c7ccc(O)cc7CC[C@@H]6c6ccccc6)cc5)CC3)C2)C4)C(=O)N1. The normalized spacial score (nSPS) is 23.9. The predicted molar refractivity (Wildman–Crippen MR) is 216 cm³/mol. The molecule has 11 nitrogen and oxygen atoms in total. The van der Waals surface area contributed by atoms with Gasteiger partial charge in [-0.2, -0.15) is 0 Å². The summed E-state index contributed by atoms with van der Waals surface area (Å²) >= 11 is 0. The Morgan fingerprint density at radius 1 is 0.741 bits per heavy atom. The van der Waals surface area contributed by atoms with E-state index in [2.05, 4.69) is 75.8 Å². The van der Waals surface area contributed by atoms with Crippen LogP contribution in [0, 0.1) is 5.41 Å². The van der Waals surface area contributed by atoms with Crippen LogP contribution in [0.1, 0.15) is 104 Å². The lowest BCUT2D eigenvalue weighted by Crippen LogP contribution is -2.54. The molecule has 0 bridgehead atoms. The van der Waals surface area contributed by atoms with Crippen LogP contribution in [-0.4, -0.2) is 88.1 Å². The molecule has 296 valence electrons. The standard InChI is InChI=1S/C47H47N5O6/c53-35-11-13-37-31(22-35)8-12-36(29-4-2-1-3-5-29)43(37)30-6-9-34(10-7-30)50-20-17-47(18-21-50)16-19-49(28-47)27-42(55)51-25-32-23-38-39(24-33(32)26-51)46(58)52(45(38)57)40-14-15-41(54)48-44(40)56/h1-7,9-11,13,22-24,36,40,43,53H,8,12,14-21,25-28H2,(H,48,54,56)/t36-,40?,43+/m1/s1. The lowest BCUT2D eigenvalue weighted by Gasteiger charge is -2.41. The Morgan fingerprint density at radius 2 is 1.43 bits per heavy atom. The van der Waals surface area contributed by atoms with E-state index in [9.17, 15) is 29.1 Å². The molecule has 1 unspecified atom stereocenters. The van der Waals surface area contributed by atoms with Crippen molar-refractivity contribution in [1.29, 1.82) is 0 Å². The molecule has 1 spiro atoms. The number of hydrogen-bond donors (Lipinski definition) is 2. The summed E-state index contributed by atoms with van der Waals surface area (Å²) in [5, 5.41) is 12.5. The van der Waals surface area contributed by atoms with Gasteiger partial charge in [-0.1, -0.05) is 48.5 Å². The number of piperidine rings is 2. The second-order valence-electron chi connectivity index (χ2n) is 17.3. The smallest absolute Gasteiger partial charge is 0.262 e. The number of aromatic hydroxyl groups is 1. The van der Waals surface area contributed by atoms with Gasteiger partial charge in [0.25, 0.3) is 11.8 Å². The average molecular weight is 778 g/mol. The molecule has 0 radical (unpaired) electrons. The number of rotatable bonds is 6. The highest BCUT2D eigenvalue weighted by molar-refractivity contribution is 6.23. The first-order chi connectivity index (χ1) is 28.1. The Kier molecular flexibility index (Phi) is 8.96. The molecular weight excluding hydrogens is 731 g/mol. The van der Waals surface area contributed by atoms with Crippen LogP contribution in [0.2, 0.25) is 0 Å². The lowest BCUT2D eigenvalue weighted by atomic mass is 9.69. The zero-order valence-electron chi connectivity index (χ0n) is 32.5. The maximum atomic E-state index is 13.7.